The number of fused-ring (bicyclic) bond motifs is 13. The van der Waals surface area contributed by atoms with Gasteiger partial charge in [0.25, 0.3) is 0 Å². The number of para-hydroxylation sites is 3. The number of nitrogens with zero attached hydrogens (tertiary/aromatic N) is 2. The van der Waals surface area contributed by atoms with Crippen LogP contribution in [-0.2, 0) is 5.41 Å². The Morgan fingerprint density at radius 1 is 0.519 bits per heavy atom. The minimum Gasteiger partial charge on any atom is -0.310 e. The number of allylic oxidation sites excluding steroid dienone is 4. The van der Waals surface area contributed by atoms with E-state index < -0.39 is 0 Å². The Bertz CT molecular complexity index is 2770. The third-order valence-electron chi connectivity index (χ3n) is 12.8. The molecule has 1 heterocycles. The topological polar surface area (TPSA) is 8.17 Å². The second kappa shape index (κ2) is 11.3. The number of hydrogen-bond acceptors (Lipinski definition) is 1. The predicted molar refractivity (Wildman–Crippen MR) is 226 cm³/mol. The third-order valence-corrected chi connectivity index (χ3v) is 12.8. The summed E-state index contributed by atoms with van der Waals surface area (Å²) < 4.78 is 2.39. The van der Waals surface area contributed by atoms with Gasteiger partial charge in [-0.2, -0.15) is 0 Å². The van der Waals surface area contributed by atoms with E-state index in [-0.39, 0.29) is 16.7 Å². The molecule has 0 aliphatic heterocycles. The number of benzene rings is 7. The van der Waals surface area contributed by atoms with E-state index >= 15 is 0 Å². The summed E-state index contributed by atoms with van der Waals surface area (Å²) in [6.45, 7) is 6.99. The van der Waals surface area contributed by atoms with Crippen molar-refractivity contribution in [1.82, 2.24) is 4.57 Å². The average Bonchev–Trinajstić information content (AvgIpc) is 3.77. The molecule has 0 N–H and O–H groups in total. The van der Waals surface area contributed by atoms with Gasteiger partial charge in [-0.3, -0.25) is 0 Å². The zero-order chi connectivity index (χ0) is 36.2. The molecule has 2 atom stereocenters. The van der Waals surface area contributed by atoms with Gasteiger partial charge in [-0.15, -0.1) is 0 Å². The molecule has 7 aromatic carbocycles. The molecule has 2 unspecified atom stereocenters. The van der Waals surface area contributed by atoms with Crippen molar-refractivity contribution in [3.8, 4) is 16.8 Å². The third kappa shape index (κ3) is 4.06. The zero-order valence-corrected chi connectivity index (χ0v) is 30.8. The Labute approximate surface area is 317 Å². The molecule has 0 amide bonds. The van der Waals surface area contributed by atoms with Crippen LogP contribution in [0.3, 0.4) is 0 Å². The maximum Gasteiger partial charge on any atom is 0.0564 e. The van der Waals surface area contributed by atoms with Crippen LogP contribution in [0.5, 0.6) is 0 Å². The lowest BCUT2D eigenvalue weighted by atomic mass is 9.56. The molecule has 8 aromatic rings. The highest BCUT2D eigenvalue weighted by Crippen LogP contribution is 2.71. The summed E-state index contributed by atoms with van der Waals surface area (Å²) in [6.07, 6.45) is 9.48. The van der Waals surface area contributed by atoms with Crippen LogP contribution in [-0.4, -0.2) is 4.57 Å². The summed E-state index contributed by atoms with van der Waals surface area (Å²) in [6, 6.07) is 59.0. The van der Waals surface area contributed by atoms with Gasteiger partial charge in [0.1, 0.15) is 0 Å². The second-order valence-corrected chi connectivity index (χ2v) is 15.7. The summed E-state index contributed by atoms with van der Waals surface area (Å²) in [5.41, 5.74) is 17.5. The van der Waals surface area contributed by atoms with Crippen LogP contribution in [0.1, 0.15) is 46.2 Å². The Kier molecular flexibility index (Phi) is 6.53. The first-order valence-corrected chi connectivity index (χ1v) is 19.1. The molecule has 3 aliphatic rings. The number of aryl methyl sites for hydroxylation is 2. The molecule has 1 spiro atoms. The fraction of sp³-hybridized carbons (Fsp3) is 0.115. The molecular weight excluding hydrogens is 653 g/mol. The largest absolute Gasteiger partial charge is 0.310 e. The lowest BCUT2D eigenvalue weighted by molar-refractivity contribution is 0.294. The molecule has 0 saturated heterocycles. The van der Waals surface area contributed by atoms with Crippen molar-refractivity contribution in [2.75, 3.05) is 4.90 Å². The van der Waals surface area contributed by atoms with Gasteiger partial charge in [0, 0.05) is 44.9 Å². The smallest absolute Gasteiger partial charge is 0.0564 e. The number of rotatable bonds is 4. The van der Waals surface area contributed by atoms with E-state index in [4.69, 9.17) is 0 Å². The van der Waals surface area contributed by atoms with Crippen molar-refractivity contribution in [2.24, 2.45) is 5.41 Å². The summed E-state index contributed by atoms with van der Waals surface area (Å²) >= 11 is 0. The predicted octanol–water partition coefficient (Wildman–Crippen LogP) is 13.4. The van der Waals surface area contributed by atoms with Crippen LogP contribution in [0, 0.1) is 19.3 Å². The molecule has 3 aliphatic carbocycles. The minimum atomic E-state index is -0.351. The van der Waals surface area contributed by atoms with Gasteiger partial charge < -0.3 is 9.47 Å². The summed E-state index contributed by atoms with van der Waals surface area (Å²) in [5, 5.41) is 2.55. The molecule has 2 nitrogen and oxygen atoms in total. The highest BCUT2D eigenvalue weighted by atomic mass is 15.1. The molecule has 258 valence electrons. The number of anilines is 3. The van der Waals surface area contributed by atoms with Crippen LogP contribution in [0.25, 0.3) is 38.6 Å². The fourth-order valence-corrected chi connectivity index (χ4v) is 10.5. The SMILES string of the molecule is Cc1ccc2c(c1)C1(c3cc(C)ccc3-2)c2cc(N(c3ccccc3)c3ccc(-n4c5ccccc5c5ccccc54)cc3)ccc2C2C=CC=CC21C. The maximum absolute atomic E-state index is 2.53. The van der Waals surface area contributed by atoms with E-state index in [1.807, 2.05) is 0 Å². The first-order valence-electron chi connectivity index (χ1n) is 19.1. The van der Waals surface area contributed by atoms with Crippen molar-refractivity contribution in [1.29, 1.82) is 0 Å². The lowest BCUT2D eigenvalue weighted by Crippen LogP contribution is -2.42. The van der Waals surface area contributed by atoms with E-state index in [0.29, 0.717) is 0 Å². The zero-order valence-electron chi connectivity index (χ0n) is 30.8. The Morgan fingerprint density at radius 2 is 1.09 bits per heavy atom. The fourth-order valence-electron chi connectivity index (χ4n) is 10.5. The minimum absolute atomic E-state index is 0.189. The van der Waals surface area contributed by atoms with Crippen molar-refractivity contribution in [2.45, 2.75) is 32.1 Å². The van der Waals surface area contributed by atoms with Gasteiger partial charge in [-0.05, 0) is 108 Å². The number of hydrogen-bond donors (Lipinski definition) is 0. The summed E-state index contributed by atoms with van der Waals surface area (Å²) in [7, 11) is 0. The Morgan fingerprint density at radius 3 is 1.74 bits per heavy atom. The van der Waals surface area contributed by atoms with Crippen LogP contribution in [0.15, 0.2) is 182 Å². The van der Waals surface area contributed by atoms with Crippen molar-refractivity contribution in [3.05, 3.63) is 215 Å². The van der Waals surface area contributed by atoms with Gasteiger partial charge in [-0.1, -0.05) is 139 Å². The Balaban J connectivity index is 1.13. The van der Waals surface area contributed by atoms with Gasteiger partial charge in [0.2, 0.25) is 0 Å². The van der Waals surface area contributed by atoms with E-state index in [0.717, 1.165) is 22.7 Å². The van der Waals surface area contributed by atoms with E-state index in [1.165, 1.54) is 66.3 Å². The van der Waals surface area contributed by atoms with Crippen LogP contribution in [0.2, 0.25) is 0 Å². The molecule has 11 rings (SSSR count). The van der Waals surface area contributed by atoms with Gasteiger partial charge in [0.05, 0.1) is 16.4 Å². The van der Waals surface area contributed by atoms with E-state index in [2.05, 4.69) is 212 Å². The molecule has 1 aromatic heterocycles. The number of aromatic nitrogens is 1. The summed E-state index contributed by atoms with van der Waals surface area (Å²) in [4.78, 5) is 2.43. The van der Waals surface area contributed by atoms with Crippen molar-refractivity contribution >= 4 is 38.9 Å². The highest BCUT2D eigenvalue weighted by Gasteiger charge is 2.63. The molecule has 0 radical (unpaired) electrons. The molecular formula is C52H40N2. The molecule has 0 fully saturated rings. The molecule has 0 bridgehead atoms. The van der Waals surface area contributed by atoms with Crippen LogP contribution >= 0.6 is 0 Å². The monoisotopic (exact) mass is 692 g/mol. The van der Waals surface area contributed by atoms with Crippen LogP contribution < -0.4 is 4.90 Å². The lowest BCUT2D eigenvalue weighted by Gasteiger charge is -2.45. The van der Waals surface area contributed by atoms with Crippen LogP contribution in [0.4, 0.5) is 17.1 Å². The quantitative estimate of drug-likeness (QED) is 0.178. The maximum atomic E-state index is 2.53. The molecule has 54 heavy (non-hydrogen) atoms. The highest BCUT2D eigenvalue weighted by molar-refractivity contribution is 6.09. The van der Waals surface area contributed by atoms with Crippen molar-refractivity contribution < 1.29 is 0 Å². The normalized spacial score (nSPS) is 18.5. The van der Waals surface area contributed by atoms with Gasteiger partial charge in [0.15, 0.2) is 0 Å². The van der Waals surface area contributed by atoms with E-state index in [1.54, 1.807) is 0 Å². The molecule has 2 heteroatoms. The molecule has 0 saturated carbocycles. The second-order valence-electron chi connectivity index (χ2n) is 15.7. The first-order chi connectivity index (χ1) is 26.5. The van der Waals surface area contributed by atoms with E-state index in [9.17, 15) is 0 Å². The standard InChI is InChI=1S/C52H40N2/c1-34-20-27-40-41-28-21-35(2)32-47(41)52(46(40)31-34)48-33-39(26-29-44(48)45-17-11-12-30-51(45,52)3)53(36-13-5-4-6-14-36)37-22-24-38(25-23-37)54-49-18-9-7-15-42(49)43-16-8-10-19-50(43)54/h4-33,45H,1-3H3. The summed E-state index contributed by atoms with van der Waals surface area (Å²) in [5.74, 6) is 0.252. The van der Waals surface area contributed by atoms with Crippen molar-refractivity contribution in [3.63, 3.8) is 0 Å². The van der Waals surface area contributed by atoms with Gasteiger partial charge >= 0.3 is 0 Å². The first kappa shape index (κ1) is 31.2. The van der Waals surface area contributed by atoms with Gasteiger partial charge in [-0.25, -0.2) is 0 Å². The Hall–Kier alpha value is -6.38. The average molecular weight is 693 g/mol.